The Labute approximate surface area is 70.7 Å². The van der Waals surface area contributed by atoms with Gasteiger partial charge in [0.05, 0.1) is 0 Å². The Morgan fingerprint density at radius 2 is 2.27 bits per heavy atom. The number of allylic oxidation sites excluding steroid dienone is 2. The molecular formula is C11H20. The molecule has 1 rings (SSSR count). The summed E-state index contributed by atoms with van der Waals surface area (Å²) < 4.78 is 0. The normalized spacial score (nSPS) is 31.8. The molecule has 0 aromatic carbocycles. The lowest BCUT2D eigenvalue weighted by atomic mass is 9.91. The molecule has 1 atom stereocenters. The van der Waals surface area contributed by atoms with Crippen LogP contribution in [0.2, 0.25) is 0 Å². The van der Waals surface area contributed by atoms with Gasteiger partial charge in [0.25, 0.3) is 0 Å². The van der Waals surface area contributed by atoms with Gasteiger partial charge in [0.15, 0.2) is 0 Å². The quantitative estimate of drug-likeness (QED) is 0.499. The molecule has 0 saturated heterocycles. The van der Waals surface area contributed by atoms with Crippen molar-refractivity contribution in [3.8, 4) is 0 Å². The third kappa shape index (κ3) is 3.09. The number of hydrogen-bond acceptors (Lipinski definition) is 0. The Bertz CT molecular complexity index is 133. The topological polar surface area (TPSA) is 0 Å². The zero-order chi connectivity index (χ0) is 8.10. The minimum Gasteiger partial charge on any atom is -0.0853 e. The van der Waals surface area contributed by atoms with Gasteiger partial charge in [-0.15, -0.1) is 0 Å². The third-order valence-corrected chi connectivity index (χ3v) is 2.75. The monoisotopic (exact) mass is 152 g/mol. The molecule has 0 aromatic heterocycles. The molecule has 1 aliphatic carbocycles. The van der Waals surface area contributed by atoms with Crippen LogP contribution in [-0.2, 0) is 0 Å². The Balaban J connectivity index is 2.41. The van der Waals surface area contributed by atoms with Crippen LogP contribution in [-0.4, -0.2) is 0 Å². The van der Waals surface area contributed by atoms with E-state index in [0.717, 1.165) is 5.92 Å². The van der Waals surface area contributed by atoms with E-state index in [2.05, 4.69) is 19.9 Å². The second-order valence-electron chi connectivity index (χ2n) is 3.79. The van der Waals surface area contributed by atoms with Gasteiger partial charge in [0, 0.05) is 0 Å². The number of rotatable bonds is 1. The van der Waals surface area contributed by atoms with Crippen LogP contribution in [0.3, 0.4) is 0 Å². The van der Waals surface area contributed by atoms with Gasteiger partial charge in [-0.2, -0.15) is 0 Å². The lowest BCUT2D eigenvalue weighted by molar-refractivity contribution is 0.464. The Hall–Kier alpha value is -0.260. The summed E-state index contributed by atoms with van der Waals surface area (Å²) in [5, 5.41) is 0. The standard InChI is InChI=1S/C11H20/c1-3-11-7-5-4-6-10(2)8-9-11/h7,10H,3-6,8-9H2,1-2H3/b11-7-. The Morgan fingerprint density at radius 1 is 1.45 bits per heavy atom. The van der Waals surface area contributed by atoms with E-state index in [1.165, 1.54) is 38.5 Å². The molecule has 0 fully saturated rings. The molecule has 1 unspecified atom stereocenters. The maximum atomic E-state index is 2.46. The molecule has 0 aromatic rings. The summed E-state index contributed by atoms with van der Waals surface area (Å²) >= 11 is 0. The highest BCUT2D eigenvalue weighted by Crippen LogP contribution is 2.22. The lowest BCUT2D eigenvalue weighted by Crippen LogP contribution is -1.98. The predicted molar refractivity (Wildman–Crippen MR) is 50.6 cm³/mol. The summed E-state index contributed by atoms with van der Waals surface area (Å²) in [6.45, 7) is 4.66. The molecule has 0 amide bonds. The van der Waals surface area contributed by atoms with Crippen LogP contribution in [0.4, 0.5) is 0 Å². The van der Waals surface area contributed by atoms with Crippen molar-refractivity contribution in [1.29, 1.82) is 0 Å². The molecule has 0 heteroatoms. The van der Waals surface area contributed by atoms with Crippen LogP contribution >= 0.6 is 0 Å². The van der Waals surface area contributed by atoms with Crippen molar-refractivity contribution < 1.29 is 0 Å². The van der Waals surface area contributed by atoms with Crippen molar-refractivity contribution >= 4 is 0 Å². The van der Waals surface area contributed by atoms with E-state index < -0.39 is 0 Å². The first-order valence-corrected chi connectivity index (χ1v) is 5.00. The van der Waals surface area contributed by atoms with Crippen molar-refractivity contribution in [3.63, 3.8) is 0 Å². The van der Waals surface area contributed by atoms with E-state index in [4.69, 9.17) is 0 Å². The SMILES string of the molecule is CC/C1=C/CCCC(C)CC1. The summed E-state index contributed by atoms with van der Waals surface area (Å²) in [5.74, 6) is 0.963. The van der Waals surface area contributed by atoms with E-state index in [0.29, 0.717) is 0 Å². The van der Waals surface area contributed by atoms with Gasteiger partial charge in [-0.05, 0) is 38.0 Å². The molecule has 0 saturated carbocycles. The van der Waals surface area contributed by atoms with Crippen molar-refractivity contribution in [2.75, 3.05) is 0 Å². The van der Waals surface area contributed by atoms with Crippen molar-refractivity contribution in [2.24, 2.45) is 5.92 Å². The van der Waals surface area contributed by atoms with E-state index in [1.54, 1.807) is 5.57 Å². The van der Waals surface area contributed by atoms with Gasteiger partial charge in [-0.25, -0.2) is 0 Å². The highest BCUT2D eigenvalue weighted by atomic mass is 14.1. The van der Waals surface area contributed by atoms with Crippen LogP contribution in [0, 0.1) is 5.92 Å². The number of hydrogen-bond donors (Lipinski definition) is 0. The van der Waals surface area contributed by atoms with Gasteiger partial charge >= 0.3 is 0 Å². The minimum atomic E-state index is 0.963. The van der Waals surface area contributed by atoms with Gasteiger partial charge in [-0.1, -0.05) is 31.9 Å². The van der Waals surface area contributed by atoms with Gasteiger partial charge in [-0.3, -0.25) is 0 Å². The first-order chi connectivity index (χ1) is 5.33. The molecule has 0 nitrogen and oxygen atoms in total. The summed E-state index contributed by atoms with van der Waals surface area (Å²) in [6.07, 6.45) is 10.7. The molecule has 11 heavy (non-hydrogen) atoms. The van der Waals surface area contributed by atoms with Crippen LogP contribution in [0.15, 0.2) is 11.6 Å². The van der Waals surface area contributed by atoms with Crippen molar-refractivity contribution in [3.05, 3.63) is 11.6 Å². The zero-order valence-electron chi connectivity index (χ0n) is 7.90. The molecule has 64 valence electrons. The summed E-state index contributed by atoms with van der Waals surface area (Å²) in [7, 11) is 0. The summed E-state index contributed by atoms with van der Waals surface area (Å²) in [5.41, 5.74) is 1.69. The van der Waals surface area contributed by atoms with Crippen LogP contribution in [0.1, 0.15) is 52.4 Å². The van der Waals surface area contributed by atoms with Gasteiger partial charge in [0.1, 0.15) is 0 Å². The fourth-order valence-corrected chi connectivity index (χ4v) is 1.77. The first-order valence-electron chi connectivity index (χ1n) is 5.00. The molecule has 0 aliphatic heterocycles. The maximum absolute atomic E-state index is 2.46. The predicted octanol–water partition coefficient (Wildman–Crippen LogP) is 3.92. The Morgan fingerprint density at radius 3 is 3.00 bits per heavy atom. The summed E-state index contributed by atoms with van der Waals surface area (Å²) in [4.78, 5) is 0. The molecule has 0 radical (unpaired) electrons. The maximum Gasteiger partial charge on any atom is -0.0318 e. The molecule has 0 spiro atoms. The van der Waals surface area contributed by atoms with Crippen LogP contribution < -0.4 is 0 Å². The van der Waals surface area contributed by atoms with Crippen molar-refractivity contribution in [1.82, 2.24) is 0 Å². The smallest absolute Gasteiger partial charge is 0.0318 e. The van der Waals surface area contributed by atoms with E-state index in [-0.39, 0.29) is 0 Å². The first kappa shape index (κ1) is 8.83. The largest absolute Gasteiger partial charge is 0.0853 e. The summed E-state index contributed by atoms with van der Waals surface area (Å²) in [6, 6.07) is 0. The van der Waals surface area contributed by atoms with E-state index in [1.807, 2.05) is 0 Å². The van der Waals surface area contributed by atoms with Gasteiger partial charge < -0.3 is 0 Å². The lowest BCUT2D eigenvalue weighted by Gasteiger charge is -2.15. The average molecular weight is 152 g/mol. The molecule has 0 heterocycles. The third-order valence-electron chi connectivity index (χ3n) is 2.75. The minimum absolute atomic E-state index is 0.963. The highest BCUT2D eigenvalue weighted by molar-refractivity contribution is 5.02. The van der Waals surface area contributed by atoms with Crippen molar-refractivity contribution in [2.45, 2.75) is 52.4 Å². The molecule has 1 aliphatic rings. The second-order valence-corrected chi connectivity index (χ2v) is 3.79. The fraction of sp³-hybridized carbons (Fsp3) is 0.818. The zero-order valence-corrected chi connectivity index (χ0v) is 7.90. The average Bonchev–Trinajstić information content (AvgIpc) is 1.98. The second kappa shape index (κ2) is 4.58. The van der Waals surface area contributed by atoms with Crippen LogP contribution in [0.5, 0.6) is 0 Å². The molecular weight excluding hydrogens is 132 g/mol. The van der Waals surface area contributed by atoms with E-state index in [9.17, 15) is 0 Å². The fourth-order valence-electron chi connectivity index (χ4n) is 1.77. The van der Waals surface area contributed by atoms with E-state index >= 15 is 0 Å². The molecule has 0 bridgehead atoms. The van der Waals surface area contributed by atoms with Gasteiger partial charge in [0.2, 0.25) is 0 Å². The molecule has 0 N–H and O–H groups in total. The van der Waals surface area contributed by atoms with Crippen LogP contribution in [0.25, 0.3) is 0 Å². The highest BCUT2D eigenvalue weighted by Gasteiger charge is 2.05. The Kier molecular flexibility index (Phi) is 3.68.